The summed E-state index contributed by atoms with van der Waals surface area (Å²) < 4.78 is 6.25. The fraction of sp³-hybridized carbons (Fsp3) is 0.128. The molecule has 7 heteroatoms. The highest BCUT2D eigenvalue weighted by atomic mass is 16.3. The summed E-state index contributed by atoms with van der Waals surface area (Å²) in [5, 5.41) is 4.32. The summed E-state index contributed by atoms with van der Waals surface area (Å²) in [5.74, 6) is 3.87. The molecule has 18 rings (SSSR count). The lowest BCUT2D eigenvalue weighted by Crippen LogP contribution is -2.44. The lowest BCUT2D eigenvalue weighted by Gasteiger charge is -2.49. The highest BCUT2D eigenvalue weighted by Gasteiger charge is 2.49. The number of benzene rings is 13. The number of hydrogen-bond acceptors (Lipinski definition) is 7. The molecule has 0 unspecified atom stereocenters. The average molecular weight is 1300 g/mol. The highest BCUT2D eigenvalue weighted by Crippen LogP contribution is 2.59. The van der Waals surface area contributed by atoms with Crippen LogP contribution in [0.3, 0.4) is 0 Å². The zero-order valence-corrected chi connectivity index (χ0v) is 58.0. The van der Waals surface area contributed by atoms with E-state index < -0.39 is 0 Å². The van der Waals surface area contributed by atoms with Crippen LogP contribution in [0.5, 0.6) is 0 Å². The van der Waals surface area contributed by atoms with Crippen molar-refractivity contribution in [1.82, 2.24) is 29.9 Å². The van der Waals surface area contributed by atoms with E-state index in [1.54, 1.807) is 0 Å². The van der Waals surface area contributed by atoms with Crippen molar-refractivity contribution in [2.75, 3.05) is 0 Å². The number of aromatic nitrogens is 6. The maximum atomic E-state index is 6.25. The summed E-state index contributed by atoms with van der Waals surface area (Å²) in [5.41, 5.74) is 24.9. The summed E-state index contributed by atoms with van der Waals surface area (Å²) in [6.07, 6.45) is 0. The normalized spacial score (nSPS) is 14.3. The van der Waals surface area contributed by atoms with E-state index in [0.717, 1.165) is 66.1 Å². The van der Waals surface area contributed by atoms with E-state index in [1.807, 2.05) is 84.9 Å². The number of hydrogen-bond donors (Lipinski definition) is 0. The van der Waals surface area contributed by atoms with Crippen molar-refractivity contribution in [3.63, 3.8) is 0 Å². The van der Waals surface area contributed by atoms with Gasteiger partial charge in [-0.3, -0.25) is 0 Å². The van der Waals surface area contributed by atoms with Crippen molar-refractivity contribution >= 4 is 32.7 Å². The van der Waals surface area contributed by atoms with Gasteiger partial charge in [0.05, 0.1) is 0 Å². The molecule has 0 aliphatic heterocycles. The van der Waals surface area contributed by atoms with Crippen molar-refractivity contribution in [3.05, 3.63) is 326 Å². The molecule has 13 aromatic carbocycles. The lowest BCUT2D eigenvalue weighted by molar-refractivity contribution is 0.300. The molecule has 2 aliphatic rings. The molecule has 0 bridgehead atoms. The van der Waals surface area contributed by atoms with Crippen LogP contribution in [0.25, 0.3) is 157 Å². The highest BCUT2D eigenvalue weighted by molar-refractivity contribution is 6.12. The van der Waals surface area contributed by atoms with Gasteiger partial charge in [0.1, 0.15) is 11.2 Å². The molecule has 3 heterocycles. The number of nitrogens with zero attached hydrogens (tertiary/aromatic N) is 6. The van der Waals surface area contributed by atoms with Gasteiger partial charge in [0.25, 0.3) is 0 Å². The third-order valence-electron chi connectivity index (χ3n) is 22.4. The summed E-state index contributed by atoms with van der Waals surface area (Å²) in [7, 11) is 0. The first-order valence-corrected chi connectivity index (χ1v) is 34.9. The Morgan fingerprint density at radius 3 is 1.03 bits per heavy atom. The van der Waals surface area contributed by atoms with E-state index >= 15 is 0 Å². The fourth-order valence-electron chi connectivity index (χ4n) is 15.8. The summed E-state index contributed by atoms with van der Waals surface area (Å²) in [6.45, 7) is 19.2. The van der Waals surface area contributed by atoms with Crippen LogP contribution < -0.4 is 0 Å². The second-order valence-corrected chi connectivity index (χ2v) is 28.9. The second-order valence-electron chi connectivity index (χ2n) is 28.9. The zero-order chi connectivity index (χ0) is 68.8. The standard InChI is InChI=1S/C49H39N3.C45H35N3O/c1-48(2)43-30-27-35(31-42(43)40-26-16-25-37(44(40)49(48,3)4)32-17-8-5-9-18-32)36-28-29-41(39-24-15-14-23-38(36)39)47-51-45(33-19-10-6-11-20-33)50-46(52-47)34-21-12-7-13-22-34;1-44(2)36-26-25-30(27-35(36)32-21-13-20-31(40(32)45(44,3)4)28-15-7-5-8-16-28)42-46-41(29-17-9-6-10-18-29)47-43(48-42)34-22-14-24-38-39(34)33-19-11-12-23-37(33)49-38/h5-31H,1-4H3;5-27H,1-4H3. The lowest BCUT2D eigenvalue weighted by atomic mass is 9.54. The van der Waals surface area contributed by atoms with Gasteiger partial charge in [-0.25, -0.2) is 29.9 Å². The monoisotopic (exact) mass is 1300 g/mol. The summed E-state index contributed by atoms with van der Waals surface area (Å²) in [4.78, 5) is 30.5. The van der Waals surface area contributed by atoms with Crippen LogP contribution in [-0.4, -0.2) is 29.9 Å². The topological polar surface area (TPSA) is 90.5 Å². The minimum Gasteiger partial charge on any atom is -0.456 e. The van der Waals surface area contributed by atoms with Crippen molar-refractivity contribution in [2.45, 2.75) is 77.0 Å². The first-order chi connectivity index (χ1) is 49.1. The largest absolute Gasteiger partial charge is 0.456 e. The van der Waals surface area contributed by atoms with Gasteiger partial charge in [-0.1, -0.05) is 328 Å². The molecule has 0 saturated heterocycles. The number of rotatable bonds is 9. The number of furan rings is 1. The van der Waals surface area contributed by atoms with Crippen LogP contribution >= 0.6 is 0 Å². The number of para-hydroxylation sites is 1. The van der Waals surface area contributed by atoms with Crippen molar-refractivity contribution in [1.29, 1.82) is 0 Å². The van der Waals surface area contributed by atoms with Gasteiger partial charge >= 0.3 is 0 Å². The smallest absolute Gasteiger partial charge is 0.164 e. The predicted molar refractivity (Wildman–Crippen MR) is 416 cm³/mol. The minimum atomic E-state index is -0.143. The summed E-state index contributed by atoms with van der Waals surface area (Å²) >= 11 is 0. The van der Waals surface area contributed by atoms with E-state index in [-0.39, 0.29) is 21.7 Å². The Morgan fingerprint density at radius 2 is 0.545 bits per heavy atom. The molecule has 0 amide bonds. The Labute approximate surface area is 590 Å². The Hall–Kier alpha value is -12.1. The zero-order valence-electron chi connectivity index (χ0n) is 58.0. The minimum absolute atomic E-state index is 0.0978. The van der Waals surface area contributed by atoms with Crippen LogP contribution in [0.2, 0.25) is 0 Å². The first-order valence-electron chi connectivity index (χ1n) is 34.9. The van der Waals surface area contributed by atoms with Gasteiger partial charge in [0, 0.05) is 55.0 Å². The number of fused-ring (bicyclic) bond motifs is 10. The quantitative estimate of drug-likeness (QED) is 0.142. The summed E-state index contributed by atoms with van der Waals surface area (Å²) in [6, 6.07) is 107. The molecule has 486 valence electrons. The third kappa shape index (κ3) is 10.5. The molecule has 2 aliphatic carbocycles. The van der Waals surface area contributed by atoms with Crippen molar-refractivity contribution in [3.8, 4) is 124 Å². The SMILES string of the molecule is CC1(C)c2ccc(-c3ccc(-c4nc(-c5ccccc5)nc(-c5ccccc5)n4)c4ccccc34)cc2-c2cccc(-c3ccccc3)c2C1(C)C.CC1(C)c2ccc(-c3nc(-c4ccccc4)nc(-c4cccc5oc6ccccc6c45)n3)cc2-c2cccc(-c3ccccc3)c2C1(C)C. The Morgan fingerprint density at radius 1 is 0.208 bits per heavy atom. The molecule has 0 spiro atoms. The maximum Gasteiger partial charge on any atom is 0.164 e. The molecular weight excluding hydrogens is 1230 g/mol. The van der Waals surface area contributed by atoms with Crippen LogP contribution in [0.15, 0.2) is 308 Å². The predicted octanol–water partition coefficient (Wildman–Crippen LogP) is 24.3. The molecular formula is C94H74N6O. The van der Waals surface area contributed by atoms with E-state index in [4.69, 9.17) is 34.3 Å². The Balaban J connectivity index is 0.000000151. The molecule has 0 fully saturated rings. The molecule has 0 N–H and O–H groups in total. The van der Waals surface area contributed by atoms with E-state index in [0.29, 0.717) is 34.9 Å². The van der Waals surface area contributed by atoms with Crippen LogP contribution in [-0.2, 0) is 21.7 Å². The third-order valence-corrected chi connectivity index (χ3v) is 22.4. The van der Waals surface area contributed by atoms with Gasteiger partial charge in [0.15, 0.2) is 34.9 Å². The first kappa shape index (κ1) is 62.5. The molecule has 0 radical (unpaired) electrons. The van der Waals surface area contributed by atoms with Crippen LogP contribution in [0.1, 0.15) is 77.6 Å². The van der Waals surface area contributed by atoms with Crippen LogP contribution in [0.4, 0.5) is 0 Å². The van der Waals surface area contributed by atoms with E-state index in [9.17, 15) is 0 Å². The molecule has 0 saturated carbocycles. The Bertz CT molecular complexity index is 5820. The van der Waals surface area contributed by atoms with Crippen molar-refractivity contribution < 1.29 is 4.42 Å². The maximum absolute atomic E-state index is 6.25. The fourth-order valence-corrected chi connectivity index (χ4v) is 15.8. The van der Waals surface area contributed by atoms with E-state index in [2.05, 4.69) is 274 Å². The molecule has 7 nitrogen and oxygen atoms in total. The van der Waals surface area contributed by atoms with Gasteiger partial charge in [-0.15, -0.1) is 0 Å². The average Bonchev–Trinajstić information content (AvgIpc) is 1.17. The second kappa shape index (κ2) is 24.4. The van der Waals surface area contributed by atoms with Crippen LogP contribution in [0, 0.1) is 0 Å². The van der Waals surface area contributed by atoms with Crippen molar-refractivity contribution in [2.24, 2.45) is 0 Å². The Kier molecular flexibility index (Phi) is 15.1. The molecule has 16 aromatic rings. The van der Waals surface area contributed by atoms with Gasteiger partial charge < -0.3 is 4.42 Å². The molecule has 0 atom stereocenters. The molecule has 101 heavy (non-hydrogen) atoms. The van der Waals surface area contributed by atoms with Gasteiger partial charge in [-0.05, 0) is 130 Å². The van der Waals surface area contributed by atoms with E-state index in [1.165, 1.54) is 77.9 Å². The van der Waals surface area contributed by atoms with Gasteiger partial charge in [0.2, 0.25) is 0 Å². The molecule has 3 aromatic heterocycles. The van der Waals surface area contributed by atoms with Gasteiger partial charge in [-0.2, -0.15) is 0 Å².